The molecule has 0 unspecified atom stereocenters. The number of fused-ring (bicyclic) bond motifs is 2. The maximum atomic E-state index is 13.5. The lowest BCUT2D eigenvalue weighted by Gasteiger charge is -2.29. The first-order valence-corrected chi connectivity index (χ1v) is 12.5. The topological polar surface area (TPSA) is 60.4 Å². The summed E-state index contributed by atoms with van der Waals surface area (Å²) >= 11 is 4.60. The summed E-state index contributed by atoms with van der Waals surface area (Å²) in [6.45, 7) is 5.34. The number of carbonyl (C=O) groups is 3. The Kier molecular flexibility index (Phi) is 6.52. The number of hydrogen-bond donors (Lipinski definition) is 0. The lowest BCUT2D eigenvalue weighted by Crippen LogP contribution is -2.42. The van der Waals surface area contributed by atoms with E-state index in [4.69, 9.17) is 4.74 Å². The molecule has 0 bridgehead atoms. The van der Waals surface area contributed by atoms with Crippen molar-refractivity contribution in [1.82, 2.24) is 0 Å². The largest absolute Gasteiger partial charge is 0.459 e. The zero-order valence-corrected chi connectivity index (χ0v) is 21.2. The van der Waals surface area contributed by atoms with Crippen LogP contribution in [-0.4, -0.2) is 22.5 Å². The van der Waals surface area contributed by atoms with Crippen molar-refractivity contribution in [3.63, 3.8) is 0 Å². The summed E-state index contributed by atoms with van der Waals surface area (Å²) in [7, 11) is 0. The fraction of sp³-hybridized carbons (Fsp3) is 0.296. The Morgan fingerprint density at radius 3 is 2.55 bits per heavy atom. The Bertz CT molecular complexity index is 1260. The van der Waals surface area contributed by atoms with E-state index in [2.05, 4.69) is 15.9 Å². The number of hydrogen-bond acceptors (Lipinski definition) is 5. The molecule has 3 aromatic rings. The predicted molar refractivity (Wildman–Crippen MR) is 135 cm³/mol. The van der Waals surface area contributed by atoms with E-state index in [0.29, 0.717) is 5.56 Å². The Morgan fingerprint density at radius 2 is 1.79 bits per heavy atom. The molecule has 0 aromatic heterocycles. The van der Waals surface area contributed by atoms with Crippen LogP contribution in [0.4, 0.5) is 0 Å². The molecular weight excluding hydrogens is 500 g/mol. The highest BCUT2D eigenvalue weighted by Gasteiger charge is 2.53. The second-order valence-corrected chi connectivity index (χ2v) is 11.4. The van der Waals surface area contributed by atoms with Crippen LogP contribution in [-0.2, 0) is 20.7 Å². The summed E-state index contributed by atoms with van der Waals surface area (Å²) in [5.74, 6) is -0.822. The lowest BCUT2D eigenvalue weighted by atomic mass is 9.79. The normalized spacial score (nSPS) is 17.8. The summed E-state index contributed by atoms with van der Waals surface area (Å²) in [6.07, 6.45) is 0.444. The molecule has 1 aliphatic carbocycles. The van der Waals surface area contributed by atoms with Crippen molar-refractivity contribution in [2.75, 3.05) is 0 Å². The molecule has 0 amide bonds. The molecule has 0 aliphatic heterocycles. The van der Waals surface area contributed by atoms with Crippen molar-refractivity contribution in [3.05, 3.63) is 76.3 Å². The van der Waals surface area contributed by atoms with Crippen LogP contribution in [0.1, 0.15) is 49.5 Å². The summed E-state index contributed by atoms with van der Waals surface area (Å²) in [5, 5.41) is 1.99. The number of benzene rings is 3. The number of esters is 1. The Morgan fingerprint density at radius 1 is 1.06 bits per heavy atom. The standard InChI is InChI=1S/C27H25BrO4S/c1-26(2,3)32-25(31)27(16-18-15-19(28)11-12-21(18)24(27)30)14-13-23(29)33-22-10-6-8-17-7-4-5-9-20(17)22/h4-12,15H,13-14,16H2,1-3H3/t27-/m0/s1. The van der Waals surface area contributed by atoms with E-state index in [-0.39, 0.29) is 30.2 Å². The third-order valence-electron chi connectivity index (χ3n) is 5.76. The molecule has 0 saturated heterocycles. The smallest absolute Gasteiger partial charge is 0.320 e. The number of ketones is 1. The molecule has 1 aliphatic rings. The minimum atomic E-state index is -1.38. The van der Waals surface area contributed by atoms with E-state index in [1.807, 2.05) is 48.5 Å². The van der Waals surface area contributed by atoms with Gasteiger partial charge in [0.05, 0.1) is 0 Å². The van der Waals surface area contributed by atoms with Crippen molar-refractivity contribution in [1.29, 1.82) is 0 Å². The molecule has 4 rings (SSSR count). The summed E-state index contributed by atoms with van der Waals surface area (Å²) in [5.41, 5.74) is -0.792. The SMILES string of the molecule is CC(C)(C)OC(=O)[C@@]1(CCC(=O)Sc2cccc3ccccc23)Cc2cc(Br)ccc2C1=O. The molecule has 0 radical (unpaired) electrons. The van der Waals surface area contributed by atoms with Crippen LogP contribution in [0.2, 0.25) is 0 Å². The van der Waals surface area contributed by atoms with Gasteiger partial charge in [-0.15, -0.1) is 0 Å². The van der Waals surface area contributed by atoms with Gasteiger partial charge in [-0.3, -0.25) is 14.4 Å². The van der Waals surface area contributed by atoms with Gasteiger partial charge in [-0.2, -0.15) is 0 Å². The summed E-state index contributed by atoms with van der Waals surface area (Å²) in [4.78, 5) is 40.6. The molecule has 0 spiro atoms. The maximum absolute atomic E-state index is 13.5. The van der Waals surface area contributed by atoms with Gasteiger partial charge in [-0.05, 0) is 74.2 Å². The van der Waals surface area contributed by atoms with Gasteiger partial charge in [0.15, 0.2) is 10.9 Å². The van der Waals surface area contributed by atoms with Crippen molar-refractivity contribution in [2.24, 2.45) is 5.41 Å². The first kappa shape index (κ1) is 23.7. The molecule has 170 valence electrons. The van der Waals surface area contributed by atoms with Crippen molar-refractivity contribution < 1.29 is 19.1 Å². The summed E-state index contributed by atoms with van der Waals surface area (Å²) in [6, 6.07) is 19.2. The minimum Gasteiger partial charge on any atom is -0.459 e. The second-order valence-electron chi connectivity index (χ2n) is 9.34. The van der Waals surface area contributed by atoms with Gasteiger partial charge in [0, 0.05) is 21.4 Å². The second kappa shape index (κ2) is 9.07. The van der Waals surface area contributed by atoms with Gasteiger partial charge in [0.2, 0.25) is 0 Å². The van der Waals surface area contributed by atoms with E-state index in [1.165, 1.54) is 0 Å². The van der Waals surface area contributed by atoms with Gasteiger partial charge < -0.3 is 4.74 Å². The molecule has 3 aromatic carbocycles. The molecular formula is C27H25BrO4S. The third kappa shape index (κ3) is 4.92. The molecule has 0 saturated carbocycles. The number of rotatable bonds is 5. The van der Waals surface area contributed by atoms with E-state index in [1.54, 1.807) is 32.9 Å². The van der Waals surface area contributed by atoms with Gasteiger partial charge in [-0.1, -0.05) is 64.1 Å². The van der Waals surface area contributed by atoms with Gasteiger partial charge >= 0.3 is 5.97 Å². The first-order chi connectivity index (χ1) is 15.6. The zero-order valence-electron chi connectivity index (χ0n) is 18.8. The van der Waals surface area contributed by atoms with Crippen LogP contribution in [0.15, 0.2) is 70.0 Å². The van der Waals surface area contributed by atoms with Crippen LogP contribution < -0.4 is 0 Å². The Balaban J connectivity index is 1.58. The number of Topliss-reactive ketones (excluding diaryl/α,β-unsaturated/α-hetero) is 1. The van der Waals surface area contributed by atoms with Crippen LogP contribution in [0.25, 0.3) is 10.8 Å². The minimum absolute atomic E-state index is 0.0841. The maximum Gasteiger partial charge on any atom is 0.320 e. The van der Waals surface area contributed by atoms with E-state index in [9.17, 15) is 14.4 Å². The molecule has 4 nitrogen and oxygen atoms in total. The Hall–Kier alpha value is -2.44. The molecule has 1 atom stereocenters. The number of thioether (sulfide) groups is 1. The summed E-state index contributed by atoms with van der Waals surface area (Å²) < 4.78 is 6.52. The van der Waals surface area contributed by atoms with Crippen LogP contribution >= 0.6 is 27.7 Å². The fourth-order valence-corrected chi connectivity index (χ4v) is 5.51. The quantitative estimate of drug-likeness (QED) is 0.209. The van der Waals surface area contributed by atoms with Crippen LogP contribution in [0, 0.1) is 5.41 Å². The van der Waals surface area contributed by atoms with Crippen molar-refractivity contribution >= 4 is 55.3 Å². The van der Waals surface area contributed by atoms with Crippen LogP contribution in [0.5, 0.6) is 0 Å². The van der Waals surface area contributed by atoms with Gasteiger partial charge in [-0.25, -0.2) is 0 Å². The van der Waals surface area contributed by atoms with Crippen molar-refractivity contribution in [3.8, 4) is 0 Å². The average molecular weight is 525 g/mol. The zero-order chi connectivity index (χ0) is 23.8. The number of halogens is 1. The Labute approximate surface area is 206 Å². The van der Waals surface area contributed by atoms with E-state index >= 15 is 0 Å². The van der Waals surface area contributed by atoms with E-state index < -0.39 is 17.0 Å². The molecule has 33 heavy (non-hydrogen) atoms. The molecule has 0 heterocycles. The van der Waals surface area contributed by atoms with Gasteiger partial charge in [0.1, 0.15) is 11.0 Å². The monoisotopic (exact) mass is 524 g/mol. The number of ether oxygens (including phenoxy) is 1. The lowest BCUT2D eigenvalue weighted by molar-refractivity contribution is -0.164. The predicted octanol–water partition coefficient (Wildman–Crippen LogP) is 6.77. The van der Waals surface area contributed by atoms with Crippen molar-refractivity contribution in [2.45, 2.75) is 50.5 Å². The first-order valence-electron chi connectivity index (χ1n) is 10.8. The highest BCUT2D eigenvalue weighted by atomic mass is 79.9. The number of carbonyl (C=O) groups excluding carboxylic acids is 3. The average Bonchev–Trinajstić information content (AvgIpc) is 3.03. The molecule has 0 fully saturated rings. The van der Waals surface area contributed by atoms with E-state index in [0.717, 1.165) is 37.5 Å². The molecule has 0 N–H and O–H groups in total. The van der Waals surface area contributed by atoms with Gasteiger partial charge in [0.25, 0.3) is 0 Å². The highest BCUT2D eigenvalue weighted by Crippen LogP contribution is 2.44. The molecule has 6 heteroatoms. The fourth-order valence-electron chi connectivity index (χ4n) is 4.21. The van der Waals surface area contributed by atoms with Crippen LogP contribution in [0.3, 0.4) is 0 Å². The highest BCUT2D eigenvalue weighted by molar-refractivity contribution is 9.10. The third-order valence-corrected chi connectivity index (χ3v) is 7.26.